The van der Waals surface area contributed by atoms with Gasteiger partial charge in [-0.25, -0.2) is 0 Å². The Labute approximate surface area is 88.8 Å². The SMILES string of the molecule is CCCCCCCCC1=CC(N)CC1. The van der Waals surface area contributed by atoms with Crippen molar-refractivity contribution in [3.8, 4) is 0 Å². The van der Waals surface area contributed by atoms with Crippen molar-refractivity contribution in [2.45, 2.75) is 70.8 Å². The van der Waals surface area contributed by atoms with Gasteiger partial charge < -0.3 is 5.73 Å². The molecule has 1 aliphatic carbocycles. The fraction of sp³-hybridized carbons (Fsp3) is 0.846. The molecule has 1 unspecified atom stereocenters. The van der Waals surface area contributed by atoms with Gasteiger partial charge in [0, 0.05) is 6.04 Å². The highest BCUT2D eigenvalue weighted by molar-refractivity contribution is 5.12. The number of hydrogen-bond donors (Lipinski definition) is 1. The number of rotatable bonds is 7. The van der Waals surface area contributed by atoms with Crippen LogP contribution in [0.15, 0.2) is 11.6 Å². The van der Waals surface area contributed by atoms with E-state index in [-0.39, 0.29) is 0 Å². The van der Waals surface area contributed by atoms with Gasteiger partial charge in [-0.2, -0.15) is 0 Å². The van der Waals surface area contributed by atoms with Crippen molar-refractivity contribution >= 4 is 0 Å². The Hall–Kier alpha value is -0.300. The van der Waals surface area contributed by atoms with Crippen LogP contribution in [0.3, 0.4) is 0 Å². The molecule has 0 aromatic heterocycles. The van der Waals surface area contributed by atoms with Crippen molar-refractivity contribution in [1.82, 2.24) is 0 Å². The largest absolute Gasteiger partial charge is 0.324 e. The van der Waals surface area contributed by atoms with E-state index in [1.165, 1.54) is 57.8 Å². The molecule has 1 heteroatoms. The quantitative estimate of drug-likeness (QED) is 0.485. The zero-order chi connectivity index (χ0) is 10.2. The van der Waals surface area contributed by atoms with E-state index in [0.29, 0.717) is 6.04 Å². The van der Waals surface area contributed by atoms with Crippen LogP contribution < -0.4 is 5.73 Å². The van der Waals surface area contributed by atoms with Crippen LogP contribution >= 0.6 is 0 Å². The van der Waals surface area contributed by atoms with E-state index in [4.69, 9.17) is 5.73 Å². The number of allylic oxidation sites excluding steroid dienone is 1. The fourth-order valence-corrected chi connectivity index (χ4v) is 2.16. The number of nitrogens with two attached hydrogens (primary N) is 1. The first kappa shape index (κ1) is 11.8. The van der Waals surface area contributed by atoms with Gasteiger partial charge in [0.15, 0.2) is 0 Å². The molecule has 0 radical (unpaired) electrons. The highest BCUT2D eigenvalue weighted by Crippen LogP contribution is 2.22. The Morgan fingerprint density at radius 1 is 1.21 bits per heavy atom. The van der Waals surface area contributed by atoms with E-state index in [9.17, 15) is 0 Å². The lowest BCUT2D eigenvalue weighted by molar-refractivity contribution is 0.603. The van der Waals surface area contributed by atoms with Crippen LogP contribution in [-0.2, 0) is 0 Å². The molecule has 14 heavy (non-hydrogen) atoms. The predicted molar refractivity (Wildman–Crippen MR) is 63.3 cm³/mol. The Balaban J connectivity index is 1.91. The lowest BCUT2D eigenvalue weighted by Crippen LogP contribution is -2.11. The highest BCUT2D eigenvalue weighted by atomic mass is 14.6. The van der Waals surface area contributed by atoms with Crippen molar-refractivity contribution in [1.29, 1.82) is 0 Å². The summed E-state index contributed by atoms with van der Waals surface area (Å²) in [6.45, 7) is 2.27. The minimum absolute atomic E-state index is 0.366. The maximum absolute atomic E-state index is 5.82. The smallest absolute Gasteiger partial charge is 0.0229 e. The molecule has 82 valence electrons. The Kier molecular flexibility index (Phi) is 5.93. The van der Waals surface area contributed by atoms with Crippen LogP contribution in [0.5, 0.6) is 0 Å². The highest BCUT2D eigenvalue weighted by Gasteiger charge is 2.10. The van der Waals surface area contributed by atoms with Gasteiger partial charge in [0.2, 0.25) is 0 Å². The molecule has 2 N–H and O–H groups in total. The van der Waals surface area contributed by atoms with Crippen LogP contribution in [0.1, 0.15) is 64.7 Å². The summed E-state index contributed by atoms with van der Waals surface area (Å²) in [6.07, 6.45) is 14.4. The van der Waals surface area contributed by atoms with Crippen molar-refractivity contribution in [3.05, 3.63) is 11.6 Å². The molecule has 1 nitrogen and oxygen atoms in total. The number of hydrogen-bond acceptors (Lipinski definition) is 1. The Bertz CT molecular complexity index is 172. The van der Waals surface area contributed by atoms with E-state index >= 15 is 0 Å². The third-order valence-corrected chi connectivity index (χ3v) is 3.10. The molecule has 1 aliphatic rings. The van der Waals surface area contributed by atoms with E-state index in [1.54, 1.807) is 5.57 Å². The van der Waals surface area contributed by atoms with Gasteiger partial charge in [0.25, 0.3) is 0 Å². The third kappa shape index (κ3) is 4.80. The fourth-order valence-electron chi connectivity index (χ4n) is 2.16. The van der Waals surface area contributed by atoms with Crippen LogP contribution in [0.2, 0.25) is 0 Å². The van der Waals surface area contributed by atoms with E-state index in [0.717, 1.165) is 0 Å². The zero-order valence-corrected chi connectivity index (χ0v) is 9.60. The number of unbranched alkanes of at least 4 members (excludes halogenated alkanes) is 5. The molecular formula is C13H25N. The summed E-state index contributed by atoms with van der Waals surface area (Å²) in [7, 11) is 0. The summed E-state index contributed by atoms with van der Waals surface area (Å²) >= 11 is 0. The maximum Gasteiger partial charge on any atom is 0.0229 e. The van der Waals surface area contributed by atoms with E-state index < -0.39 is 0 Å². The lowest BCUT2D eigenvalue weighted by Gasteiger charge is -2.01. The molecule has 0 aromatic carbocycles. The first-order valence-electron chi connectivity index (χ1n) is 6.28. The van der Waals surface area contributed by atoms with Gasteiger partial charge >= 0.3 is 0 Å². The molecule has 0 bridgehead atoms. The minimum atomic E-state index is 0.366. The summed E-state index contributed by atoms with van der Waals surface area (Å²) in [5.41, 5.74) is 7.44. The molecule has 1 atom stereocenters. The van der Waals surface area contributed by atoms with Crippen LogP contribution in [0.25, 0.3) is 0 Å². The van der Waals surface area contributed by atoms with E-state index in [1.807, 2.05) is 0 Å². The van der Waals surface area contributed by atoms with Crippen LogP contribution in [-0.4, -0.2) is 6.04 Å². The van der Waals surface area contributed by atoms with E-state index in [2.05, 4.69) is 13.0 Å². The standard InChI is InChI=1S/C13H25N/c1-2-3-4-5-6-7-8-12-9-10-13(14)11-12/h11,13H,2-10,14H2,1H3. The summed E-state index contributed by atoms with van der Waals surface area (Å²) < 4.78 is 0. The second-order valence-electron chi connectivity index (χ2n) is 4.55. The van der Waals surface area contributed by atoms with Crippen LogP contribution in [0, 0.1) is 0 Å². The average molecular weight is 195 g/mol. The van der Waals surface area contributed by atoms with Gasteiger partial charge in [0.05, 0.1) is 0 Å². The van der Waals surface area contributed by atoms with Gasteiger partial charge in [-0.3, -0.25) is 0 Å². The molecule has 0 amide bonds. The summed E-state index contributed by atoms with van der Waals surface area (Å²) in [6, 6.07) is 0.366. The first-order chi connectivity index (χ1) is 6.83. The molecule has 0 aliphatic heterocycles. The van der Waals surface area contributed by atoms with Gasteiger partial charge in [-0.15, -0.1) is 0 Å². The zero-order valence-electron chi connectivity index (χ0n) is 9.60. The van der Waals surface area contributed by atoms with Gasteiger partial charge in [-0.1, -0.05) is 50.7 Å². The van der Waals surface area contributed by atoms with Crippen LogP contribution in [0.4, 0.5) is 0 Å². The predicted octanol–water partition coefficient (Wildman–Crippen LogP) is 3.78. The van der Waals surface area contributed by atoms with Crippen molar-refractivity contribution in [2.24, 2.45) is 5.73 Å². The molecule has 1 rings (SSSR count). The lowest BCUT2D eigenvalue weighted by atomic mass is 10.1. The van der Waals surface area contributed by atoms with Gasteiger partial charge in [0.1, 0.15) is 0 Å². The van der Waals surface area contributed by atoms with Crippen molar-refractivity contribution in [2.75, 3.05) is 0 Å². The first-order valence-corrected chi connectivity index (χ1v) is 6.28. The second-order valence-corrected chi connectivity index (χ2v) is 4.55. The summed E-state index contributed by atoms with van der Waals surface area (Å²) in [5, 5.41) is 0. The molecule has 0 aromatic rings. The third-order valence-electron chi connectivity index (χ3n) is 3.10. The molecular weight excluding hydrogens is 170 g/mol. The van der Waals surface area contributed by atoms with Crippen molar-refractivity contribution < 1.29 is 0 Å². The monoisotopic (exact) mass is 195 g/mol. The normalized spacial score (nSPS) is 21.3. The van der Waals surface area contributed by atoms with Crippen molar-refractivity contribution in [3.63, 3.8) is 0 Å². The van der Waals surface area contributed by atoms with Gasteiger partial charge in [-0.05, 0) is 25.7 Å². The summed E-state index contributed by atoms with van der Waals surface area (Å²) in [4.78, 5) is 0. The second kappa shape index (κ2) is 7.05. The Morgan fingerprint density at radius 3 is 2.57 bits per heavy atom. The summed E-state index contributed by atoms with van der Waals surface area (Å²) in [5.74, 6) is 0. The average Bonchev–Trinajstić information content (AvgIpc) is 2.58. The minimum Gasteiger partial charge on any atom is -0.324 e. The molecule has 0 saturated carbocycles. The topological polar surface area (TPSA) is 26.0 Å². The molecule has 0 heterocycles. The molecule has 0 saturated heterocycles. The maximum atomic E-state index is 5.82. The molecule has 0 fully saturated rings. The molecule has 0 spiro atoms. The Morgan fingerprint density at radius 2 is 1.93 bits per heavy atom.